The molecule has 1 fully saturated rings. The van der Waals surface area contributed by atoms with Crippen LogP contribution in [0.1, 0.15) is 31.9 Å². The summed E-state index contributed by atoms with van der Waals surface area (Å²) in [5.41, 5.74) is 8.51. The van der Waals surface area contributed by atoms with Gasteiger partial charge >= 0.3 is 0 Å². The molecule has 0 spiro atoms. The van der Waals surface area contributed by atoms with Crippen molar-refractivity contribution in [1.29, 1.82) is 0 Å². The van der Waals surface area contributed by atoms with Crippen LogP contribution in [0.3, 0.4) is 0 Å². The lowest BCUT2D eigenvalue weighted by atomic mass is 9.87. The number of amides is 1. The second kappa shape index (κ2) is 7.94. The van der Waals surface area contributed by atoms with Gasteiger partial charge in [-0.05, 0) is 46.2 Å². The molecule has 3 N–H and O–H groups in total. The zero-order chi connectivity index (χ0) is 19.0. The lowest BCUT2D eigenvalue weighted by Gasteiger charge is -2.23. The molecule has 0 aromatic heterocycles. The summed E-state index contributed by atoms with van der Waals surface area (Å²) < 4.78 is 0. The molecule has 28 heavy (non-hydrogen) atoms. The first-order valence-electron chi connectivity index (χ1n) is 9.59. The zero-order valence-electron chi connectivity index (χ0n) is 16.2. The van der Waals surface area contributed by atoms with Gasteiger partial charge in [0.25, 0.3) is 0 Å². The molecule has 4 atom stereocenters. The Labute approximate surface area is 172 Å². The van der Waals surface area contributed by atoms with Crippen LogP contribution in [0.5, 0.6) is 0 Å². The molecule has 1 aliphatic rings. The van der Waals surface area contributed by atoms with Gasteiger partial charge in [0, 0.05) is 17.6 Å². The molecular formula is C24H26ClN2O-. The Bertz CT molecular complexity index is 975. The number of nitrogens with one attached hydrogen (secondary N) is 1. The normalized spacial score (nSPS) is 22.8. The van der Waals surface area contributed by atoms with Crippen LogP contribution in [0.2, 0.25) is 0 Å². The molecule has 3 nitrogen and oxygen atoms in total. The van der Waals surface area contributed by atoms with E-state index in [-0.39, 0.29) is 35.7 Å². The summed E-state index contributed by atoms with van der Waals surface area (Å²) in [5, 5.41) is 5.40. The highest BCUT2D eigenvalue weighted by molar-refractivity contribution is 5.95. The first-order valence-corrected chi connectivity index (χ1v) is 9.59. The van der Waals surface area contributed by atoms with Gasteiger partial charge in [0.15, 0.2) is 0 Å². The summed E-state index contributed by atoms with van der Waals surface area (Å²) in [6.45, 7) is 4.22. The van der Waals surface area contributed by atoms with Crippen molar-refractivity contribution in [3.8, 4) is 0 Å². The number of anilines is 1. The van der Waals surface area contributed by atoms with Gasteiger partial charge in [-0.1, -0.05) is 74.5 Å². The van der Waals surface area contributed by atoms with Crippen LogP contribution in [0.25, 0.3) is 10.8 Å². The van der Waals surface area contributed by atoms with Gasteiger partial charge < -0.3 is 23.5 Å². The lowest BCUT2D eigenvalue weighted by Crippen LogP contribution is -3.00. The first kappa shape index (κ1) is 20.4. The van der Waals surface area contributed by atoms with E-state index >= 15 is 0 Å². The molecule has 1 saturated carbocycles. The second-order valence-electron chi connectivity index (χ2n) is 8.04. The minimum absolute atomic E-state index is 0. The van der Waals surface area contributed by atoms with Crippen LogP contribution in [0, 0.1) is 17.3 Å². The third-order valence-electron chi connectivity index (χ3n) is 6.25. The predicted molar refractivity (Wildman–Crippen MR) is 111 cm³/mol. The maximum Gasteiger partial charge on any atom is 0.227 e. The molecule has 0 aliphatic heterocycles. The van der Waals surface area contributed by atoms with Gasteiger partial charge in [-0.2, -0.15) is 0 Å². The van der Waals surface area contributed by atoms with Crippen LogP contribution in [-0.4, -0.2) is 5.91 Å². The number of hydrogen-bond donors (Lipinski definition) is 2. The number of carbonyl (C=O) groups is 1. The Morgan fingerprint density at radius 3 is 2.39 bits per heavy atom. The Hall–Kier alpha value is -2.36. The molecule has 3 aromatic rings. The van der Waals surface area contributed by atoms with Crippen molar-refractivity contribution >= 4 is 22.4 Å². The van der Waals surface area contributed by atoms with E-state index in [4.69, 9.17) is 5.73 Å². The molecule has 0 saturated heterocycles. The third kappa shape index (κ3) is 3.78. The van der Waals surface area contributed by atoms with Crippen LogP contribution < -0.4 is 23.5 Å². The number of fused-ring (bicyclic) bond motifs is 1. The van der Waals surface area contributed by atoms with Crippen molar-refractivity contribution < 1.29 is 17.2 Å². The van der Waals surface area contributed by atoms with E-state index < -0.39 is 0 Å². The summed E-state index contributed by atoms with van der Waals surface area (Å²) in [4.78, 5) is 12.8. The number of rotatable bonds is 5. The molecule has 0 bridgehead atoms. The number of halogens is 1. The summed E-state index contributed by atoms with van der Waals surface area (Å²) in [6, 6.07) is 24.4. The summed E-state index contributed by atoms with van der Waals surface area (Å²) >= 11 is 0. The smallest absolute Gasteiger partial charge is 0.227 e. The van der Waals surface area contributed by atoms with Crippen LogP contribution in [0.15, 0.2) is 72.8 Å². The predicted octanol–water partition coefficient (Wildman–Crippen LogP) is 2.14. The van der Waals surface area contributed by atoms with Gasteiger partial charge in [0.1, 0.15) is 0 Å². The second-order valence-corrected chi connectivity index (χ2v) is 8.04. The van der Waals surface area contributed by atoms with Gasteiger partial charge in [-0.3, -0.25) is 4.79 Å². The fourth-order valence-electron chi connectivity index (χ4n) is 4.27. The molecule has 3 aromatic carbocycles. The molecule has 146 valence electrons. The highest BCUT2D eigenvalue weighted by Gasteiger charge is 2.57. The largest absolute Gasteiger partial charge is 1.00 e. The number of carbonyl (C=O) groups excluding carboxylic acids is 1. The molecule has 0 unspecified atom stereocenters. The van der Waals surface area contributed by atoms with Gasteiger partial charge in [-0.25, -0.2) is 0 Å². The Balaban J connectivity index is 0.00000225. The Kier molecular flexibility index (Phi) is 5.78. The minimum atomic E-state index is -0.0729. The zero-order valence-corrected chi connectivity index (χ0v) is 17.0. The van der Waals surface area contributed by atoms with Gasteiger partial charge in [-0.15, -0.1) is 0 Å². The van der Waals surface area contributed by atoms with E-state index in [1.165, 1.54) is 5.39 Å². The van der Waals surface area contributed by atoms with E-state index in [1.54, 1.807) is 0 Å². The van der Waals surface area contributed by atoms with E-state index in [9.17, 15) is 4.79 Å². The van der Waals surface area contributed by atoms with Crippen molar-refractivity contribution in [3.63, 3.8) is 0 Å². The van der Waals surface area contributed by atoms with Crippen molar-refractivity contribution in [2.45, 2.75) is 26.3 Å². The molecule has 0 radical (unpaired) electrons. The van der Waals surface area contributed by atoms with E-state index in [0.29, 0.717) is 5.92 Å². The minimum Gasteiger partial charge on any atom is -1.00 e. The monoisotopic (exact) mass is 393 g/mol. The molecule has 4 rings (SSSR count). The highest BCUT2D eigenvalue weighted by Crippen LogP contribution is 2.62. The quantitative estimate of drug-likeness (QED) is 0.697. The summed E-state index contributed by atoms with van der Waals surface area (Å²) in [5.74, 6) is 0.295. The van der Waals surface area contributed by atoms with Crippen LogP contribution in [-0.2, 0) is 4.79 Å². The Morgan fingerprint density at radius 1 is 1.04 bits per heavy atom. The molecule has 4 heteroatoms. The topological polar surface area (TPSA) is 55.1 Å². The molecule has 1 amide bonds. The Morgan fingerprint density at radius 2 is 1.68 bits per heavy atom. The van der Waals surface area contributed by atoms with Crippen molar-refractivity contribution in [1.82, 2.24) is 0 Å². The number of benzene rings is 3. The molecular weight excluding hydrogens is 368 g/mol. The van der Waals surface area contributed by atoms with E-state index in [2.05, 4.69) is 36.5 Å². The third-order valence-corrected chi connectivity index (χ3v) is 6.25. The number of hydrogen-bond acceptors (Lipinski definition) is 2. The first-order chi connectivity index (χ1) is 13.0. The van der Waals surface area contributed by atoms with E-state index in [1.807, 2.05) is 55.5 Å². The fourth-order valence-corrected chi connectivity index (χ4v) is 4.27. The highest BCUT2D eigenvalue weighted by atomic mass is 35.5. The maximum absolute atomic E-state index is 12.8. The van der Waals surface area contributed by atoms with Crippen LogP contribution >= 0.6 is 0 Å². The SMILES string of the molecule is C[C@@H](C(=O)Nc1ccc2ccccc2c1)[C@@H]1C[C@@]1(C)[C@@H](N)c1ccccc1.[Cl-]. The number of nitrogens with two attached hydrogens (primary N) is 1. The fraction of sp³-hybridized carbons (Fsp3) is 0.292. The lowest BCUT2D eigenvalue weighted by molar-refractivity contribution is -0.120. The molecule has 1 aliphatic carbocycles. The van der Waals surface area contributed by atoms with Gasteiger partial charge in [0.05, 0.1) is 0 Å². The van der Waals surface area contributed by atoms with Crippen molar-refractivity contribution in [2.24, 2.45) is 23.0 Å². The average molecular weight is 394 g/mol. The maximum atomic E-state index is 12.8. The molecule has 0 heterocycles. The average Bonchev–Trinajstić information content (AvgIpc) is 3.40. The van der Waals surface area contributed by atoms with Crippen LogP contribution in [0.4, 0.5) is 5.69 Å². The standard InChI is InChI=1S/C24H26N2O.ClH/c1-16(21-15-24(21,2)22(25)18-9-4-3-5-10-18)23(27)26-20-13-12-17-8-6-7-11-19(17)14-20;/h3-14,16,21-22H,15,25H2,1-2H3,(H,26,27);1H/p-1/t16-,21+,22+,24-;/m1./s1. The van der Waals surface area contributed by atoms with Crippen molar-refractivity contribution in [3.05, 3.63) is 78.4 Å². The summed E-state index contributed by atoms with van der Waals surface area (Å²) in [6.07, 6.45) is 0.982. The van der Waals surface area contributed by atoms with E-state index in [0.717, 1.165) is 23.1 Å². The van der Waals surface area contributed by atoms with Crippen molar-refractivity contribution in [2.75, 3.05) is 5.32 Å². The summed E-state index contributed by atoms with van der Waals surface area (Å²) in [7, 11) is 0. The van der Waals surface area contributed by atoms with Gasteiger partial charge in [0.2, 0.25) is 5.91 Å².